The van der Waals surface area contributed by atoms with Crippen molar-refractivity contribution in [2.45, 2.75) is 3.79 Å². The predicted octanol–water partition coefficient (Wildman–Crippen LogP) is 0.900. The van der Waals surface area contributed by atoms with Crippen molar-refractivity contribution in [2.24, 2.45) is 0 Å². The Labute approximate surface area is 69.0 Å². The van der Waals surface area contributed by atoms with Crippen LogP contribution in [0.5, 0.6) is 0 Å². The molecule has 0 saturated heterocycles. The minimum Gasteiger partial charge on any atom is -0.268 e. The number of thiol groups is 1. The molecular weight excluding hydrogens is 210 g/mol. The summed E-state index contributed by atoms with van der Waals surface area (Å²) in [5, 5.41) is 0. The molecular formula is C2H3Cl3O3S. The number of hydrogen-bond acceptors (Lipinski definition) is 3. The van der Waals surface area contributed by atoms with E-state index in [1.54, 1.807) is 0 Å². The van der Waals surface area contributed by atoms with E-state index in [1.807, 2.05) is 0 Å². The monoisotopic (exact) mass is 212 g/mol. The highest BCUT2D eigenvalue weighted by atomic mass is 35.6. The Balaban J connectivity index is 3.52. The molecule has 0 fully saturated rings. The van der Waals surface area contributed by atoms with E-state index >= 15 is 0 Å². The van der Waals surface area contributed by atoms with E-state index in [4.69, 9.17) is 34.8 Å². The number of alkyl halides is 3. The Morgan fingerprint density at radius 1 is 1.33 bits per heavy atom. The van der Waals surface area contributed by atoms with Crippen molar-refractivity contribution in [2.75, 3.05) is 6.61 Å². The molecule has 0 heterocycles. The summed E-state index contributed by atoms with van der Waals surface area (Å²) < 4.78 is 21.7. The van der Waals surface area contributed by atoms with Crippen LogP contribution in [0.15, 0.2) is 0 Å². The van der Waals surface area contributed by atoms with Gasteiger partial charge in [0.25, 0.3) is 11.0 Å². The molecule has 0 bridgehead atoms. The van der Waals surface area contributed by atoms with Crippen LogP contribution >= 0.6 is 34.8 Å². The third-order valence-electron chi connectivity index (χ3n) is 0.334. The second-order valence-electron chi connectivity index (χ2n) is 1.11. The van der Waals surface area contributed by atoms with Crippen LogP contribution < -0.4 is 0 Å². The number of hydrogen-bond donors (Lipinski definition) is 1. The molecule has 7 heteroatoms. The van der Waals surface area contributed by atoms with Crippen LogP contribution in [0.25, 0.3) is 0 Å². The second kappa shape index (κ2) is 3.83. The quantitative estimate of drug-likeness (QED) is 0.547. The Hall–Kier alpha value is 0.780. The third-order valence-corrected chi connectivity index (χ3v) is 1.00. The minimum atomic E-state index is -2.92. The van der Waals surface area contributed by atoms with E-state index in [0.29, 0.717) is 0 Å². The summed E-state index contributed by atoms with van der Waals surface area (Å²) >= 11 is 15.3. The lowest BCUT2D eigenvalue weighted by Gasteiger charge is -2.05. The van der Waals surface area contributed by atoms with Crippen molar-refractivity contribution in [3.8, 4) is 0 Å². The summed E-state index contributed by atoms with van der Waals surface area (Å²) in [5.74, 6) is 0. The Kier molecular flexibility index (Phi) is 4.16. The highest BCUT2D eigenvalue weighted by Gasteiger charge is 2.19. The lowest BCUT2D eigenvalue weighted by atomic mass is 10.9. The Bertz CT molecular complexity index is 140. The van der Waals surface area contributed by atoms with Gasteiger partial charge in [-0.15, -0.1) is 0 Å². The maximum atomic E-state index is 9.68. The van der Waals surface area contributed by atoms with Crippen LogP contribution in [0.3, 0.4) is 0 Å². The van der Waals surface area contributed by atoms with Crippen molar-refractivity contribution in [1.29, 1.82) is 0 Å². The zero-order chi connectivity index (χ0) is 7.49. The van der Waals surface area contributed by atoms with E-state index in [2.05, 4.69) is 4.18 Å². The number of halogens is 3. The molecule has 0 unspecified atom stereocenters. The zero-order valence-electron chi connectivity index (χ0n) is 4.01. The van der Waals surface area contributed by atoms with Crippen LogP contribution in [0, 0.1) is 0 Å². The Morgan fingerprint density at radius 2 is 1.78 bits per heavy atom. The summed E-state index contributed by atoms with van der Waals surface area (Å²) in [6.07, 6.45) is 0. The van der Waals surface area contributed by atoms with Gasteiger partial charge in [0.15, 0.2) is 0 Å². The fourth-order valence-electron chi connectivity index (χ4n) is 0.126. The molecule has 0 N–H and O–H groups in total. The van der Waals surface area contributed by atoms with Gasteiger partial charge in [-0.3, -0.25) is 4.18 Å². The van der Waals surface area contributed by atoms with Gasteiger partial charge < -0.3 is 0 Å². The van der Waals surface area contributed by atoms with Crippen molar-refractivity contribution >= 4 is 45.8 Å². The average molecular weight is 213 g/mol. The average Bonchev–Trinajstić information content (AvgIpc) is 1.59. The van der Waals surface area contributed by atoms with Gasteiger partial charge >= 0.3 is 0 Å². The fraction of sp³-hybridized carbons (Fsp3) is 1.00. The van der Waals surface area contributed by atoms with Crippen molar-refractivity contribution < 1.29 is 12.6 Å². The van der Waals surface area contributed by atoms with Crippen LogP contribution in [0.1, 0.15) is 0 Å². The largest absolute Gasteiger partial charge is 0.268 e. The smallest absolute Gasteiger partial charge is 0.257 e. The van der Waals surface area contributed by atoms with Gasteiger partial charge in [0, 0.05) is 0 Å². The van der Waals surface area contributed by atoms with Crippen molar-refractivity contribution in [3.05, 3.63) is 0 Å². The molecule has 0 aromatic rings. The fourth-order valence-corrected chi connectivity index (χ4v) is 0.817. The highest BCUT2D eigenvalue weighted by molar-refractivity contribution is 7.67. The molecule has 0 aromatic carbocycles. The molecule has 0 amide bonds. The SMILES string of the molecule is O=[SH](=O)OCC(Cl)(Cl)Cl. The van der Waals surface area contributed by atoms with Gasteiger partial charge in [-0.1, -0.05) is 34.8 Å². The summed E-state index contributed by atoms with van der Waals surface area (Å²) in [4.78, 5) is 0. The van der Waals surface area contributed by atoms with Crippen LogP contribution in [0.2, 0.25) is 0 Å². The van der Waals surface area contributed by atoms with E-state index < -0.39 is 21.4 Å². The third kappa shape index (κ3) is 8.78. The summed E-state index contributed by atoms with van der Waals surface area (Å²) in [5.41, 5.74) is 0. The van der Waals surface area contributed by atoms with Gasteiger partial charge in [0.2, 0.25) is 3.79 Å². The number of rotatable bonds is 2. The summed E-state index contributed by atoms with van der Waals surface area (Å²) in [7, 11) is -2.92. The summed E-state index contributed by atoms with van der Waals surface area (Å²) in [6, 6.07) is 0. The van der Waals surface area contributed by atoms with Crippen molar-refractivity contribution in [3.63, 3.8) is 0 Å². The Morgan fingerprint density at radius 3 is 1.89 bits per heavy atom. The van der Waals surface area contributed by atoms with Crippen molar-refractivity contribution in [1.82, 2.24) is 0 Å². The zero-order valence-corrected chi connectivity index (χ0v) is 7.18. The van der Waals surface area contributed by atoms with E-state index in [1.165, 1.54) is 0 Å². The molecule has 0 aliphatic heterocycles. The van der Waals surface area contributed by atoms with Gasteiger partial charge in [-0.2, -0.15) is 0 Å². The standard InChI is InChI=1S/C2H3Cl3O3S/c3-2(4,5)1-8-9(6)7/h9H,1H2. The molecule has 56 valence electrons. The van der Waals surface area contributed by atoms with E-state index in [9.17, 15) is 8.42 Å². The second-order valence-corrected chi connectivity index (χ2v) is 4.33. The van der Waals surface area contributed by atoms with Gasteiger partial charge in [0.05, 0.1) is 0 Å². The van der Waals surface area contributed by atoms with Gasteiger partial charge in [-0.25, -0.2) is 8.42 Å². The van der Waals surface area contributed by atoms with Crippen LogP contribution in [0.4, 0.5) is 0 Å². The molecule has 0 atom stereocenters. The maximum Gasteiger partial charge on any atom is 0.257 e. The molecule has 9 heavy (non-hydrogen) atoms. The minimum absolute atomic E-state index is 0.448. The van der Waals surface area contributed by atoms with Crippen LogP contribution in [-0.2, 0) is 15.2 Å². The highest BCUT2D eigenvalue weighted by Crippen LogP contribution is 2.25. The van der Waals surface area contributed by atoms with Crippen LogP contribution in [-0.4, -0.2) is 18.8 Å². The molecule has 0 saturated carbocycles. The molecule has 3 nitrogen and oxygen atoms in total. The van der Waals surface area contributed by atoms with E-state index in [-0.39, 0.29) is 0 Å². The summed E-state index contributed by atoms with van der Waals surface area (Å²) in [6.45, 7) is -0.448. The molecule has 0 spiro atoms. The molecule has 0 aliphatic carbocycles. The molecule has 0 aliphatic rings. The maximum absolute atomic E-state index is 9.68. The molecule has 0 radical (unpaired) electrons. The van der Waals surface area contributed by atoms with E-state index in [0.717, 1.165) is 0 Å². The first kappa shape index (κ1) is 9.78. The molecule has 0 rings (SSSR count). The lowest BCUT2D eigenvalue weighted by Crippen LogP contribution is -2.11. The topological polar surface area (TPSA) is 43.4 Å². The van der Waals surface area contributed by atoms with Gasteiger partial charge in [-0.05, 0) is 0 Å². The predicted molar refractivity (Wildman–Crippen MR) is 36.6 cm³/mol. The molecule has 0 aromatic heterocycles. The normalized spacial score (nSPS) is 12.4. The van der Waals surface area contributed by atoms with Gasteiger partial charge in [0.1, 0.15) is 6.61 Å². The first-order chi connectivity index (χ1) is 3.92. The first-order valence-electron chi connectivity index (χ1n) is 1.76. The lowest BCUT2D eigenvalue weighted by molar-refractivity contribution is 0.341. The first-order valence-corrected chi connectivity index (χ1v) is 3.99.